The molecule has 5 atom stereocenters. The fourth-order valence-electron chi connectivity index (χ4n) is 3.72. The molecule has 5 unspecified atom stereocenters. The predicted octanol–water partition coefficient (Wildman–Crippen LogP) is -0.346. The highest BCUT2D eigenvalue weighted by Crippen LogP contribution is 2.14. The molecular formula is C26H43N7O6S. The molecule has 1 aromatic rings. The highest BCUT2D eigenvalue weighted by Gasteiger charge is 2.32. The third-order valence-electron chi connectivity index (χ3n) is 6.33. The zero-order chi connectivity index (χ0) is 30.2. The van der Waals surface area contributed by atoms with E-state index in [4.69, 9.17) is 17.2 Å². The van der Waals surface area contributed by atoms with Crippen molar-refractivity contribution < 1.29 is 29.4 Å². The lowest BCUT2D eigenvalue weighted by Crippen LogP contribution is -2.59. The second-order valence-electron chi connectivity index (χ2n) is 9.54. The lowest BCUT2D eigenvalue weighted by atomic mass is 9.96. The lowest BCUT2D eigenvalue weighted by molar-refractivity contribution is -0.142. The number of carboxylic acid groups (broad SMARTS) is 1. The van der Waals surface area contributed by atoms with Gasteiger partial charge in [-0.15, -0.1) is 0 Å². The molecule has 13 nitrogen and oxygen atoms in total. The summed E-state index contributed by atoms with van der Waals surface area (Å²) in [6.45, 7) is 3.95. The van der Waals surface area contributed by atoms with Gasteiger partial charge in [0.2, 0.25) is 17.7 Å². The Morgan fingerprint density at radius 3 is 2.15 bits per heavy atom. The minimum absolute atomic E-state index is 0.0260. The maximum atomic E-state index is 13.4. The van der Waals surface area contributed by atoms with E-state index in [9.17, 15) is 29.4 Å². The van der Waals surface area contributed by atoms with E-state index in [1.165, 1.54) is 23.9 Å². The number of hydrogen-bond acceptors (Lipinski definition) is 8. The average molecular weight is 582 g/mol. The third-order valence-corrected chi connectivity index (χ3v) is 6.98. The number of hydrogen-bond donors (Lipinski definition) is 8. The molecule has 0 fully saturated rings. The van der Waals surface area contributed by atoms with Crippen LogP contribution in [0.2, 0.25) is 0 Å². The number of carbonyl (C=O) groups excluding carboxylic acids is 3. The van der Waals surface area contributed by atoms with E-state index in [1.54, 1.807) is 19.1 Å². The number of nitrogens with two attached hydrogens (primary N) is 3. The van der Waals surface area contributed by atoms with Crippen molar-refractivity contribution in [3.8, 4) is 5.75 Å². The molecule has 11 N–H and O–H groups in total. The van der Waals surface area contributed by atoms with Crippen molar-refractivity contribution in [1.29, 1.82) is 0 Å². The number of aromatic hydroxyl groups is 1. The van der Waals surface area contributed by atoms with Crippen LogP contribution < -0.4 is 33.2 Å². The molecule has 0 aliphatic carbocycles. The molecule has 1 aromatic carbocycles. The number of carbonyl (C=O) groups is 4. The number of carboxylic acids is 1. The summed E-state index contributed by atoms with van der Waals surface area (Å²) in [7, 11) is 0. The Bertz CT molecular complexity index is 1000. The molecule has 0 radical (unpaired) electrons. The van der Waals surface area contributed by atoms with Gasteiger partial charge in [-0.25, -0.2) is 4.79 Å². The van der Waals surface area contributed by atoms with Gasteiger partial charge in [-0.2, -0.15) is 11.8 Å². The summed E-state index contributed by atoms with van der Waals surface area (Å²) < 4.78 is 0. The van der Waals surface area contributed by atoms with Crippen LogP contribution in [0.1, 0.15) is 45.1 Å². The van der Waals surface area contributed by atoms with Crippen LogP contribution in [0.25, 0.3) is 0 Å². The van der Waals surface area contributed by atoms with E-state index in [1.807, 2.05) is 13.2 Å². The second-order valence-corrected chi connectivity index (χ2v) is 10.5. The van der Waals surface area contributed by atoms with E-state index in [2.05, 4.69) is 20.9 Å². The highest BCUT2D eigenvalue weighted by atomic mass is 32.2. The van der Waals surface area contributed by atoms with Gasteiger partial charge in [0.1, 0.15) is 23.9 Å². The Morgan fingerprint density at radius 1 is 0.975 bits per heavy atom. The molecule has 0 aliphatic heterocycles. The van der Waals surface area contributed by atoms with Crippen molar-refractivity contribution in [2.75, 3.05) is 18.6 Å². The smallest absolute Gasteiger partial charge is 0.326 e. The number of thioether (sulfide) groups is 1. The van der Waals surface area contributed by atoms with Gasteiger partial charge in [-0.05, 0) is 54.9 Å². The number of guanidine groups is 1. The van der Waals surface area contributed by atoms with E-state index in [-0.39, 0.29) is 36.9 Å². The number of phenols is 1. The summed E-state index contributed by atoms with van der Waals surface area (Å²) in [5.74, 6) is -2.82. The summed E-state index contributed by atoms with van der Waals surface area (Å²) in [5.41, 5.74) is 17.2. The Morgan fingerprint density at radius 2 is 1.60 bits per heavy atom. The van der Waals surface area contributed by atoms with Gasteiger partial charge in [-0.1, -0.05) is 32.4 Å². The minimum atomic E-state index is -1.18. The molecule has 0 heterocycles. The van der Waals surface area contributed by atoms with Gasteiger partial charge < -0.3 is 43.4 Å². The van der Waals surface area contributed by atoms with Crippen LogP contribution in [0.5, 0.6) is 5.75 Å². The second kappa shape index (κ2) is 17.9. The number of rotatable bonds is 18. The van der Waals surface area contributed by atoms with Crippen molar-refractivity contribution in [3.63, 3.8) is 0 Å². The van der Waals surface area contributed by atoms with Crippen molar-refractivity contribution in [3.05, 3.63) is 29.8 Å². The maximum Gasteiger partial charge on any atom is 0.326 e. The first kappa shape index (κ1) is 34.5. The van der Waals surface area contributed by atoms with Crippen LogP contribution >= 0.6 is 11.8 Å². The number of aliphatic imine (C=N–C) groups is 1. The number of nitrogens with one attached hydrogen (secondary N) is 3. The SMILES string of the molecule is CCC(C)C(NC(=O)C(N)CCCN=C(N)N)C(=O)NC(Cc1ccc(O)cc1)C(=O)NC(CCSC)C(=O)O. The summed E-state index contributed by atoms with van der Waals surface area (Å²) in [6, 6.07) is 1.90. The van der Waals surface area contributed by atoms with Gasteiger partial charge in [0.05, 0.1) is 6.04 Å². The Kier molecular flexibility index (Phi) is 15.5. The first-order valence-electron chi connectivity index (χ1n) is 13.1. The molecule has 224 valence electrons. The number of amides is 3. The molecule has 14 heteroatoms. The lowest BCUT2D eigenvalue weighted by Gasteiger charge is -2.28. The average Bonchev–Trinajstić information content (AvgIpc) is 2.91. The summed E-state index contributed by atoms with van der Waals surface area (Å²) in [6.07, 6.45) is 3.35. The van der Waals surface area contributed by atoms with Crippen LogP contribution in [-0.2, 0) is 25.6 Å². The molecule has 0 spiro atoms. The van der Waals surface area contributed by atoms with Gasteiger partial charge in [0.25, 0.3) is 0 Å². The van der Waals surface area contributed by atoms with Crippen molar-refractivity contribution in [2.24, 2.45) is 28.1 Å². The van der Waals surface area contributed by atoms with Crippen LogP contribution in [0, 0.1) is 5.92 Å². The Balaban J connectivity index is 3.09. The van der Waals surface area contributed by atoms with Crippen molar-refractivity contribution >= 4 is 41.4 Å². The molecule has 0 saturated carbocycles. The molecular weight excluding hydrogens is 538 g/mol. The normalized spacial score (nSPS) is 14.6. The van der Waals surface area contributed by atoms with Crippen molar-refractivity contribution in [1.82, 2.24) is 16.0 Å². The zero-order valence-electron chi connectivity index (χ0n) is 23.3. The van der Waals surface area contributed by atoms with Crippen LogP contribution in [0.3, 0.4) is 0 Å². The molecule has 40 heavy (non-hydrogen) atoms. The minimum Gasteiger partial charge on any atom is -0.508 e. The highest BCUT2D eigenvalue weighted by molar-refractivity contribution is 7.98. The fourth-order valence-corrected chi connectivity index (χ4v) is 4.19. The van der Waals surface area contributed by atoms with Crippen LogP contribution in [0.4, 0.5) is 0 Å². The number of phenolic OH excluding ortho intramolecular Hbond substituents is 1. The van der Waals surface area contributed by atoms with Crippen LogP contribution in [0.15, 0.2) is 29.3 Å². The first-order valence-corrected chi connectivity index (χ1v) is 14.5. The molecule has 0 aromatic heterocycles. The number of nitrogens with zero attached hydrogens (tertiary/aromatic N) is 1. The quantitative estimate of drug-likeness (QED) is 0.0637. The van der Waals surface area contributed by atoms with E-state index in [0.717, 1.165) is 0 Å². The van der Waals surface area contributed by atoms with Crippen LogP contribution in [-0.4, -0.2) is 82.6 Å². The topological polar surface area (TPSA) is 235 Å². The summed E-state index contributed by atoms with van der Waals surface area (Å²) in [4.78, 5) is 55.0. The largest absolute Gasteiger partial charge is 0.508 e. The van der Waals surface area contributed by atoms with Crippen molar-refractivity contribution in [2.45, 2.75) is 70.1 Å². The first-order chi connectivity index (χ1) is 18.9. The fraction of sp³-hybridized carbons (Fsp3) is 0.577. The molecule has 0 saturated heterocycles. The molecule has 0 aliphatic rings. The standard InChI is InChI=1S/C26H43N7O6S/c1-4-15(2)21(33-22(35)18(27)6-5-12-30-26(28)29)24(37)32-20(14-16-7-9-17(34)10-8-16)23(36)31-19(25(38)39)11-13-40-3/h7-10,15,18-21,34H,4-6,11-14,27H2,1-3H3,(H,31,36)(H,32,37)(H,33,35)(H,38,39)(H4,28,29,30). The number of aliphatic carboxylic acids is 1. The third kappa shape index (κ3) is 12.6. The predicted molar refractivity (Wildman–Crippen MR) is 156 cm³/mol. The number of benzene rings is 1. The molecule has 0 bridgehead atoms. The Hall–Kier alpha value is -3.52. The summed E-state index contributed by atoms with van der Waals surface area (Å²) in [5, 5.41) is 27.1. The monoisotopic (exact) mass is 581 g/mol. The zero-order valence-corrected chi connectivity index (χ0v) is 24.1. The summed E-state index contributed by atoms with van der Waals surface area (Å²) >= 11 is 1.45. The molecule has 1 rings (SSSR count). The van der Waals surface area contributed by atoms with Gasteiger partial charge in [-0.3, -0.25) is 19.4 Å². The van der Waals surface area contributed by atoms with E-state index >= 15 is 0 Å². The Labute approximate surface area is 239 Å². The van der Waals surface area contributed by atoms with Gasteiger partial charge in [0.15, 0.2) is 5.96 Å². The van der Waals surface area contributed by atoms with Gasteiger partial charge in [0, 0.05) is 13.0 Å². The molecule has 3 amide bonds. The van der Waals surface area contributed by atoms with E-state index < -0.39 is 47.9 Å². The van der Waals surface area contributed by atoms with Gasteiger partial charge >= 0.3 is 5.97 Å². The maximum absolute atomic E-state index is 13.4. The van der Waals surface area contributed by atoms with E-state index in [0.29, 0.717) is 30.7 Å².